The van der Waals surface area contributed by atoms with Crippen molar-refractivity contribution in [3.8, 4) is 0 Å². The summed E-state index contributed by atoms with van der Waals surface area (Å²) in [6.45, 7) is 6.68. The first-order valence-electron chi connectivity index (χ1n) is 4.41. The molecule has 1 aliphatic heterocycles. The Bertz CT molecular complexity index is 174. The summed E-state index contributed by atoms with van der Waals surface area (Å²) in [6, 6.07) is 0. The van der Waals surface area contributed by atoms with E-state index in [1.807, 2.05) is 6.08 Å². The van der Waals surface area contributed by atoms with Gasteiger partial charge in [-0.05, 0) is 12.8 Å². The Labute approximate surface area is 82.6 Å². The van der Waals surface area contributed by atoms with Gasteiger partial charge in [0.05, 0.1) is 6.10 Å². The zero-order chi connectivity index (χ0) is 11.0. The van der Waals surface area contributed by atoms with E-state index in [1.165, 1.54) is 0 Å². The summed E-state index contributed by atoms with van der Waals surface area (Å²) in [5.74, 6) is 0. The molecule has 1 fully saturated rings. The Morgan fingerprint density at radius 1 is 1.57 bits per heavy atom. The van der Waals surface area contributed by atoms with Gasteiger partial charge >= 0.3 is 0 Å². The minimum absolute atomic E-state index is 0.0546. The topological polar surface area (TPSA) is 86.8 Å². The summed E-state index contributed by atoms with van der Waals surface area (Å²) in [5.41, 5.74) is 0. The number of aliphatic hydroxyl groups excluding tert-OH is 1. The van der Waals surface area contributed by atoms with E-state index in [9.17, 15) is 0 Å². The molecule has 0 aromatic rings. The van der Waals surface area contributed by atoms with Gasteiger partial charge in [-0.25, -0.2) is 0 Å². The predicted molar refractivity (Wildman–Crippen MR) is 50.7 cm³/mol. The van der Waals surface area contributed by atoms with Gasteiger partial charge in [-0.15, -0.1) is 16.7 Å². The number of hydrogen-bond donors (Lipinski definition) is 2. The smallest absolute Gasteiger partial charge is 0.291 e. The molecule has 0 aromatic carbocycles. The lowest BCUT2D eigenvalue weighted by Crippen LogP contribution is -2.35. The highest BCUT2D eigenvalue weighted by molar-refractivity contribution is 4.77. The first kappa shape index (κ1) is 12.9. The number of aliphatic hydroxyl groups is 1. The van der Waals surface area contributed by atoms with Crippen LogP contribution < -0.4 is 0 Å². The molecular weight excluding hydrogens is 188 g/mol. The van der Waals surface area contributed by atoms with Gasteiger partial charge in [0.1, 0.15) is 0 Å². The van der Waals surface area contributed by atoms with Crippen molar-refractivity contribution in [3.63, 3.8) is 0 Å². The fourth-order valence-corrected chi connectivity index (χ4v) is 1.28. The quantitative estimate of drug-likeness (QED) is 0.383. The van der Waals surface area contributed by atoms with Crippen LogP contribution in [-0.4, -0.2) is 46.0 Å². The number of rotatable bonds is 2. The summed E-state index contributed by atoms with van der Waals surface area (Å²) in [7, 11) is 0. The molecule has 1 saturated heterocycles. The fourth-order valence-electron chi connectivity index (χ4n) is 1.28. The average Bonchev–Trinajstić information content (AvgIpc) is 2.08. The summed E-state index contributed by atoms with van der Waals surface area (Å²) < 4.78 is 0. The Balaban J connectivity index is 0.000000364. The molecular formula is C8H16N2O4. The van der Waals surface area contributed by atoms with E-state index in [1.54, 1.807) is 0 Å². The summed E-state index contributed by atoms with van der Waals surface area (Å²) in [6.07, 6.45) is 3.71. The summed E-state index contributed by atoms with van der Waals surface area (Å²) in [4.78, 5) is 10.7. The van der Waals surface area contributed by atoms with E-state index >= 15 is 0 Å². The van der Waals surface area contributed by atoms with Gasteiger partial charge in [0.25, 0.3) is 5.09 Å². The molecule has 1 rings (SSSR count). The van der Waals surface area contributed by atoms with Crippen LogP contribution in [0, 0.1) is 10.1 Å². The zero-order valence-corrected chi connectivity index (χ0v) is 8.00. The highest BCUT2D eigenvalue weighted by Gasteiger charge is 2.14. The van der Waals surface area contributed by atoms with Crippen molar-refractivity contribution in [3.05, 3.63) is 22.8 Å². The molecule has 0 aromatic heterocycles. The number of hydrogen-bond acceptors (Lipinski definition) is 4. The number of likely N-dealkylation sites (tertiary alicyclic amines) is 1. The normalized spacial score (nSPS) is 18.1. The Morgan fingerprint density at radius 3 is 2.36 bits per heavy atom. The molecule has 1 heterocycles. The van der Waals surface area contributed by atoms with E-state index in [2.05, 4.69) is 11.5 Å². The summed E-state index contributed by atoms with van der Waals surface area (Å²) in [5, 5.41) is 22.8. The van der Waals surface area contributed by atoms with Crippen molar-refractivity contribution >= 4 is 0 Å². The second kappa shape index (κ2) is 7.28. The maximum atomic E-state index is 9.14. The van der Waals surface area contributed by atoms with Gasteiger partial charge in [0.2, 0.25) is 0 Å². The van der Waals surface area contributed by atoms with Crippen LogP contribution in [0.4, 0.5) is 0 Å². The van der Waals surface area contributed by atoms with E-state index in [4.69, 9.17) is 20.4 Å². The van der Waals surface area contributed by atoms with Crippen molar-refractivity contribution < 1.29 is 15.4 Å². The molecule has 14 heavy (non-hydrogen) atoms. The minimum atomic E-state index is -1.50. The Hall–Kier alpha value is -1.14. The molecule has 0 aliphatic carbocycles. The van der Waals surface area contributed by atoms with Crippen LogP contribution in [0.2, 0.25) is 0 Å². The minimum Gasteiger partial charge on any atom is -0.393 e. The molecule has 0 bridgehead atoms. The molecule has 1 aliphatic rings. The van der Waals surface area contributed by atoms with Gasteiger partial charge in [-0.2, -0.15) is 0 Å². The third-order valence-corrected chi connectivity index (χ3v) is 1.94. The molecule has 6 heteroatoms. The lowest BCUT2D eigenvalue weighted by molar-refractivity contribution is -0.742. The number of nitrogens with zero attached hydrogens (tertiary/aromatic N) is 2. The van der Waals surface area contributed by atoms with Gasteiger partial charge in [-0.3, -0.25) is 4.90 Å². The van der Waals surface area contributed by atoms with Crippen molar-refractivity contribution in [1.82, 2.24) is 4.90 Å². The molecule has 0 amide bonds. The first-order chi connectivity index (χ1) is 6.56. The molecule has 2 N–H and O–H groups in total. The van der Waals surface area contributed by atoms with Gasteiger partial charge < -0.3 is 10.3 Å². The van der Waals surface area contributed by atoms with Crippen LogP contribution in [0.1, 0.15) is 12.8 Å². The lowest BCUT2D eigenvalue weighted by Gasteiger charge is -2.28. The van der Waals surface area contributed by atoms with Crippen molar-refractivity contribution in [2.45, 2.75) is 18.9 Å². The van der Waals surface area contributed by atoms with E-state index < -0.39 is 5.09 Å². The Kier molecular flexibility index (Phi) is 6.69. The van der Waals surface area contributed by atoms with Crippen molar-refractivity contribution in [1.29, 1.82) is 0 Å². The lowest BCUT2D eigenvalue weighted by atomic mass is 10.1. The van der Waals surface area contributed by atoms with Crippen LogP contribution in [0.3, 0.4) is 0 Å². The molecule has 6 nitrogen and oxygen atoms in total. The molecule has 0 radical (unpaired) electrons. The SMILES string of the molecule is C=CCN1CCC(O)CC1.O=[N+]([O-])O. The van der Waals surface area contributed by atoms with Gasteiger partial charge in [0.15, 0.2) is 0 Å². The van der Waals surface area contributed by atoms with Crippen LogP contribution in [-0.2, 0) is 0 Å². The summed E-state index contributed by atoms with van der Waals surface area (Å²) >= 11 is 0. The van der Waals surface area contributed by atoms with Crippen LogP contribution in [0.25, 0.3) is 0 Å². The van der Waals surface area contributed by atoms with Gasteiger partial charge in [0, 0.05) is 19.6 Å². The third-order valence-electron chi connectivity index (χ3n) is 1.94. The van der Waals surface area contributed by atoms with Crippen molar-refractivity contribution in [2.75, 3.05) is 19.6 Å². The Morgan fingerprint density at radius 2 is 2.00 bits per heavy atom. The zero-order valence-electron chi connectivity index (χ0n) is 8.00. The molecule has 82 valence electrons. The van der Waals surface area contributed by atoms with Crippen molar-refractivity contribution in [2.24, 2.45) is 0 Å². The highest BCUT2D eigenvalue weighted by Crippen LogP contribution is 2.08. The maximum Gasteiger partial charge on any atom is 0.291 e. The second-order valence-corrected chi connectivity index (χ2v) is 3.06. The first-order valence-corrected chi connectivity index (χ1v) is 4.41. The molecule has 0 saturated carbocycles. The predicted octanol–water partition coefficient (Wildman–Crippen LogP) is 0.281. The van der Waals surface area contributed by atoms with Crippen LogP contribution in [0.5, 0.6) is 0 Å². The average molecular weight is 204 g/mol. The molecule has 0 atom stereocenters. The fraction of sp³-hybridized carbons (Fsp3) is 0.750. The number of piperidine rings is 1. The maximum absolute atomic E-state index is 9.14. The monoisotopic (exact) mass is 204 g/mol. The molecule has 0 unspecified atom stereocenters. The largest absolute Gasteiger partial charge is 0.393 e. The van der Waals surface area contributed by atoms with E-state index in [-0.39, 0.29) is 6.10 Å². The van der Waals surface area contributed by atoms with E-state index in [0.29, 0.717) is 0 Å². The van der Waals surface area contributed by atoms with Gasteiger partial charge in [-0.1, -0.05) is 6.08 Å². The third kappa shape index (κ3) is 7.51. The second-order valence-electron chi connectivity index (χ2n) is 3.06. The van der Waals surface area contributed by atoms with Crippen LogP contribution in [0.15, 0.2) is 12.7 Å². The standard InChI is InChI=1S/C8H15NO.HNO3/c1-2-5-9-6-3-8(10)4-7-9;2-1(3)4/h2,8,10H,1,3-7H2;(H,2,3,4). The molecule has 0 spiro atoms. The highest BCUT2D eigenvalue weighted by atomic mass is 16.9. The van der Waals surface area contributed by atoms with E-state index in [0.717, 1.165) is 32.5 Å². The van der Waals surface area contributed by atoms with Crippen LogP contribution >= 0.6 is 0 Å².